The van der Waals surface area contributed by atoms with E-state index in [1.165, 1.54) is 24.8 Å². The van der Waals surface area contributed by atoms with Crippen LogP contribution in [0.2, 0.25) is 0 Å². The highest BCUT2D eigenvalue weighted by Crippen LogP contribution is 2.32. The fraction of sp³-hybridized carbons (Fsp3) is 0.452. The van der Waals surface area contributed by atoms with Crippen molar-refractivity contribution < 1.29 is 9.59 Å². The number of amides is 2. The summed E-state index contributed by atoms with van der Waals surface area (Å²) < 4.78 is 1.74. The molecule has 6 nitrogen and oxygen atoms in total. The van der Waals surface area contributed by atoms with Gasteiger partial charge in [0.25, 0.3) is 5.91 Å². The monoisotopic (exact) mass is 498 g/mol. The molecule has 2 aliphatic rings. The molecule has 194 valence electrons. The number of fused-ring (bicyclic) bond motifs is 1. The molecule has 0 spiro atoms. The quantitative estimate of drug-likeness (QED) is 0.470. The Labute approximate surface area is 220 Å². The minimum absolute atomic E-state index is 0.0858. The van der Waals surface area contributed by atoms with E-state index in [0.29, 0.717) is 18.8 Å². The third kappa shape index (κ3) is 5.34. The molecular weight excluding hydrogens is 460 g/mol. The van der Waals surface area contributed by atoms with Gasteiger partial charge in [-0.05, 0) is 43.4 Å². The van der Waals surface area contributed by atoms with Crippen LogP contribution in [0.3, 0.4) is 0 Å². The number of rotatable bonds is 6. The van der Waals surface area contributed by atoms with Gasteiger partial charge in [0.2, 0.25) is 5.91 Å². The van der Waals surface area contributed by atoms with Gasteiger partial charge in [0.1, 0.15) is 11.2 Å². The molecule has 1 saturated carbocycles. The summed E-state index contributed by atoms with van der Waals surface area (Å²) in [5, 5.41) is 8.15. The van der Waals surface area contributed by atoms with Gasteiger partial charge >= 0.3 is 0 Å². The first-order valence-electron chi connectivity index (χ1n) is 13.8. The van der Waals surface area contributed by atoms with E-state index >= 15 is 0 Å². The fourth-order valence-electron chi connectivity index (χ4n) is 5.65. The molecule has 1 N–H and O–H groups in total. The van der Waals surface area contributed by atoms with E-state index in [1.807, 2.05) is 43.3 Å². The van der Waals surface area contributed by atoms with Gasteiger partial charge in [-0.25, -0.2) is 0 Å². The van der Waals surface area contributed by atoms with Crippen LogP contribution in [0.4, 0.5) is 0 Å². The standard InChI is InChI=1S/C31H38N4O2/c1-3-23-16-18-25(19-17-23)27-20-28-29(36)34(21-24-12-8-7-9-13-24)31(2,22-35(28)33-27)30(37)32-26-14-10-5-4-6-11-15-26/h7-9,12-13,16-20,26H,3-6,10-11,14-15,21-22H2,1-2H3,(H,32,37)/t31-/m0/s1. The van der Waals surface area contributed by atoms with E-state index in [2.05, 4.69) is 36.5 Å². The van der Waals surface area contributed by atoms with E-state index in [1.54, 1.807) is 9.58 Å². The first-order chi connectivity index (χ1) is 18.0. The van der Waals surface area contributed by atoms with Crippen LogP contribution in [0.5, 0.6) is 0 Å². The Bertz CT molecular complexity index is 1230. The van der Waals surface area contributed by atoms with Gasteiger partial charge in [-0.15, -0.1) is 0 Å². The van der Waals surface area contributed by atoms with Crippen molar-refractivity contribution in [1.29, 1.82) is 0 Å². The molecule has 1 aliphatic heterocycles. The van der Waals surface area contributed by atoms with Crippen molar-refractivity contribution in [3.8, 4) is 11.3 Å². The van der Waals surface area contributed by atoms with Crippen LogP contribution in [0, 0.1) is 0 Å². The molecule has 1 aliphatic carbocycles. The molecule has 6 heteroatoms. The molecule has 0 saturated heterocycles. The summed E-state index contributed by atoms with van der Waals surface area (Å²) in [7, 11) is 0. The number of benzene rings is 2. The van der Waals surface area contributed by atoms with Gasteiger partial charge in [0.05, 0.1) is 12.2 Å². The average molecular weight is 499 g/mol. The number of nitrogens with one attached hydrogen (secondary N) is 1. The number of hydrogen-bond acceptors (Lipinski definition) is 3. The number of hydrogen-bond donors (Lipinski definition) is 1. The van der Waals surface area contributed by atoms with E-state index < -0.39 is 5.54 Å². The van der Waals surface area contributed by atoms with Crippen molar-refractivity contribution in [3.63, 3.8) is 0 Å². The smallest absolute Gasteiger partial charge is 0.273 e. The second kappa shape index (κ2) is 10.9. The largest absolute Gasteiger partial charge is 0.351 e. The normalized spacial score (nSPS) is 20.7. The molecule has 2 amide bonds. The predicted octanol–water partition coefficient (Wildman–Crippen LogP) is 5.76. The first-order valence-corrected chi connectivity index (χ1v) is 13.8. The van der Waals surface area contributed by atoms with Crippen LogP contribution in [0.25, 0.3) is 11.3 Å². The van der Waals surface area contributed by atoms with Crippen LogP contribution >= 0.6 is 0 Å². The molecule has 2 heterocycles. The number of carbonyl (C=O) groups excluding carboxylic acids is 2. The zero-order chi connectivity index (χ0) is 25.8. The zero-order valence-corrected chi connectivity index (χ0v) is 22.1. The highest BCUT2D eigenvalue weighted by Gasteiger charge is 2.48. The first kappa shape index (κ1) is 25.2. The lowest BCUT2D eigenvalue weighted by atomic mass is 9.91. The maximum atomic E-state index is 14.0. The minimum atomic E-state index is -1.04. The lowest BCUT2D eigenvalue weighted by Gasteiger charge is -2.44. The maximum absolute atomic E-state index is 14.0. The summed E-state index contributed by atoms with van der Waals surface area (Å²) >= 11 is 0. The van der Waals surface area contributed by atoms with Crippen molar-refractivity contribution in [2.45, 2.75) is 89.9 Å². The van der Waals surface area contributed by atoms with E-state index in [4.69, 9.17) is 5.10 Å². The van der Waals surface area contributed by atoms with Gasteiger partial charge in [-0.2, -0.15) is 5.10 Å². The molecular formula is C31H38N4O2. The summed E-state index contributed by atoms with van der Waals surface area (Å²) in [6, 6.07) is 20.3. The highest BCUT2D eigenvalue weighted by atomic mass is 16.2. The SMILES string of the molecule is CCc1ccc(-c2cc3n(n2)C[C@@](C)(C(=O)NC2CCCCCCC2)N(Cc2ccccc2)C3=O)cc1. The highest BCUT2D eigenvalue weighted by molar-refractivity contribution is 6.00. The van der Waals surface area contributed by atoms with E-state index in [9.17, 15) is 9.59 Å². The van der Waals surface area contributed by atoms with Crippen molar-refractivity contribution in [2.75, 3.05) is 0 Å². The Hall–Kier alpha value is -3.41. The van der Waals surface area contributed by atoms with Crippen molar-refractivity contribution in [2.24, 2.45) is 0 Å². The van der Waals surface area contributed by atoms with Crippen LogP contribution < -0.4 is 5.32 Å². The van der Waals surface area contributed by atoms with E-state index in [-0.39, 0.29) is 17.9 Å². The van der Waals surface area contributed by atoms with Gasteiger partial charge in [-0.3, -0.25) is 14.3 Å². The summed E-state index contributed by atoms with van der Waals surface area (Å²) in [5.41, 5.74) is 3.48. The molecule has 0 radical (unpaired) electrons. The van der Waals surface area contributed by atoms with Crippen molar-refractivity contribution in [1.82, 2.24) is 20.0 Å². The lowest BCUT2D eigenvalue weighted by molar-refractivity contribution is -0.134. The third-order valence-corrected chi connectivity index (χ3v) is 8.07. The Kier molecular flexibility index (Phi) is 7.45. The Morgan fingerprint density at radius 1 is 0.973 bits per heavy atom. The Morgan fingerprint density at radius 2 is 1.65 bits per heavy atom. The topological polar surface area (TPSA) is 67.2 Å². The molecule has 3 aromatic rings. The third-order valence-electron chi connectivity index (χ3n) is 8.07. The molecule has 1 fully saturated rings. The number of aryl methyl sites for hydroxylation is 1. The maximum Gasteiger partial charge on any atom is 0.273 e. The summed E-state index contributed by atoms with van der Waals surface area (Å²) in [4.78, 5) is 29.7. The van der Waals surface area contributed by atoms with Crippen LogP contribution in [0.15, 0.2) is 60.7 Å². The van der Waals surface area contributed by atoms with Gasteiger partial charge < -0.3 is 10.2 Å². The van der Waals surface area contributed by atoms with Crippen molar-refractivity contribution in [3.05, 3.63) is 77.5 Å². The molecule has 1 aromatic heterocycles. The van der Waals surface area contributed by atoms with Gasteiger partial charge in [0, 0.05) is 18.2 Å². The van der Waals surface area contributed by atoms with Crippen LogP contribution in [-0.2, 0) is 24.3 Å². The number of aromatic nitrogens is 2. The van der Waals surface area contributed by atoms with E-state index in [0.717, 1.165) is 48.9 Å². The zero-order valence-electron chi connectivity index (χ0n) is 22.1. The Morgan fingerprint density at radius 3 is 2.32 bits per heavy atom. The average Bonchev–Trinajstić information content (AvgIpc) is 3.32. The van der Waals surface area contributed by atoms with Crippen LogP contribution in [-0.4, -0.2) is 38.1 Å². The molecule has 5 rings (SSSR count). The van der Waals surface area contributed by atoms with Crippen molar-refractivity contribution >= 4 is 11.8 Å². The summed E-state index contributed by atoms with van der Waals surface area (Å²) in [5.74, 6) is -0.244. The molecule has 2 aromatic carbocycles. The number of nitrogens with zero attached hydrogens (tertiary/aromatic N) is 3. The number of carbonyl (C=O) groups is 2. The van der Waals surface area contributed by atoms with Gasteiger partial charge in [-0.1, -0.05) is 93.6 Å². The Balaban J connectivity index is 1.47. The second-order valence-corrected chi connectivity index (χ2v) is 10.8. The van der Waals surface area contributed by atoms with Crippen LogP contribution in [0.1, 0.15) is 80.4 Å². The molecule has 0 bridgehead atoms. The molecule has 37 heavy (non-hydrogen) atoms. The minimum Gasteiger partial charge on any atom is -0.351 e. The molecule has 1 atom stereocenters. The summed E-state index contributed by atoms with van der Waals surface area (Å²) in [6.45, 7) is 4.73. The summed E-state index contributed by atoms with van der Waals surface area (Å²) in [6.07, 6.45) is 8.97. The molecule has 0 unspecified atom stereocenters. The fourth-order valence-corrected chi connectivity index (χ4v) is 5.65. The lowest BCUT2D eigenvalue weighted by Crippen LogP contribution is -2.64. The van der Waals surface area contributed by atoms with Gasteiger partial charge in [0.15, 0.2) is 0 Å². The second-order valence-electron chi connectivity index (χ2n) is 10.8. The predicted molar refractivity (Wildman–Crippen MR) is 146 cm³/mol.